The molecule has 44 valence electrons. The van der Waals surface area contributed by atoms with Gasteiger partial charge in [-0.15, -0.1) is 0 Å². The van der Waals surface area contributed by atoms with E-state index in [1.807, 2.05) is 0 Å². The molecule has 1 heterocycles. The summed E-state index contributed by atoms with van der Waals surface area (Å²) >= 11 is 0. The number of hydrogen-bond acceptors (Lipinski definition) is 3. The van der Waals surface area contributed by atoms with Gasteiger partial charge >= 0.3 is 0 Å². The second-order valence-electron chi connectivity index (χ2n) is 1.31. The lowest BCUT2D eigenvalue weighted by molar-refractivity contribution is 0.473. The molecule has 1 aromatic rings. The average Bonchev–Trinajstić information content (AvgIpc) is 2.14. The molecule has 0 unspecified atom stereocenters. The molecule has 3 nitrogen and oxygen atoms in total. The van der Waals surface area contributed by atoms with E-state index in [-0.39, 0.29) is 11.7 Å². The van der Waals surface area contributed by atoms with Gasteiger partial charge < -0.3 is 10.2 Å². The second-order valence-corrected chi connectivity index (χ2v) is 1.31. The first-order valence-corrected chi connectivity index (χ1v) is 2.09. The molecule has 0 aliphatic rings. The zero-order valence-electron chi connectivity index (χ0n) is 4.10. The summed E-state index contributed by atoms with van der Waals surface area (Å²) in [5.41, 5.74) is 5.25. The molecule has 2 N–H and O–H groups in total. The van der Waals surface area contributed by atoms with Gasteiger partial charge in [-0.3, -0.25) is 0 Å². The van der Waals surface area contributed by atoms with Crippen LogP contribution in [0.1, 0.15) is 5.69 Å². The van der Waals surface area contributed by atoms with E-state index in [0.717, 1.165) is 0 Å². The number of rotatable bonds is 1. The van der Waals surface area contributed by atoms with Crippen molar-refractivity contribution in [2.75, 3.05) is 5.73 Å². The number of nitrogen functional groups attached to an aromatic ring is 1. The van der Waals surface area contributed by atoms with Crippen LogP contribution >= 0.6 is 0 Å². The van der Waals surface area contributed by atoms with Crippen molar-refractivity contribution in [2.24, 2.45) is 0 Å². The number of nitrogens with zero attached hydrogens (tertiary/aromatic N) is 1. The predicted molar refractivity (Wildman–Crippen MR) is 25.7 cm³/mol. The fourth-order valence-electron chi connectivity index (χ4n) is 0.384. The van der Waals surface area contributed by atoms with Gasteiger partial charge in [0.2, 0.25) is 0 Å². The van der Waals surface area contributed by atoms with Crippen LogP contribution in [-0.4, -0.2) is 4.98 Å². The highest BCUT2D eigenvalue weighted by molar-refractivity contribution is 5.11. The lowest BCUT2D eigenvalue weighted by Crippen LogP contribution is -1.83. The maximum absolute atomic E-state index is 11.6. The highest BCUT2D eigenvalue weighted by atomic mass is 19.1. The van der Waals surface area contributed by atoms with Crippen LogP contribution in [0.5, 0.6) is 0 Å². The minimum absolute atomic E-state index is 0.0117. The maximum atomic E-state index is 11.6. The monoisotopic (exact) mass is 116 g/mol. The maximum Gasteiger partial charge on any atom is 0.292 e. The largest absolute Gasteiger partial charge is 0.432 e. The molecule has 0 aliphatic heterocycles. The Hall–Kier alpha value is -1.06. The molecule has 1 aromatic heterocycles. The van der Waals surface area contributed by atoms with Gasteiger partial charge in [0.25, 0.3) is 6.01 Å². The van der Waals surface area contributed by atoms with E-state index >= 15 is 0 Å². The number of alkyl halides is 1. The highest BCUT2D eigenvalue weighted by Gasteiger charge is 1.95. The van der Waals surface area contributed by atoms with Crippen molar-refractivity contribution in [3.05, 3.63) is 12.0 Å². The van der Waals surface area contributed by atoms with Crippen molar-refractivity contribution in [1.82, 2.24) is 4.98 Å². The summed E-state index contributed by atoms with van der Waals surface area (Å²) in [5, 5.41) is 0. The van der Waals surface area contributed by atoms with Gasteiger partial charge in [-0.25, -0.2) is 4.39 Å². The molecule has 0 aliphatic carbocycles. The topological polar surface area (TPSA) is 52.0 Å². The van der Waals surface area contributed by atoms with Gasteiger partial charge in [0.15, 0.2) is 0 Å². The Balaban J connectivity index is 2.84. The first kappa shape index (κ1) is 5.08. The molecule has 0 fully saturated rings. The predicted octanol–water partition coefficient (Wildman–Crippen LogP) is 0.726. The third-order valence-electron chi connectivity index (χ3n) is 0.706. The van der Waals surface area contributed by atoms with Crippen LogP contribution in [0.4, 0.5) is 10.4 Å². The van der Waals surface area contributed by atoms with Gasteiger partial charge in [0.1, 0.15) is 18.6 Å². The number of nitrogens with two attached hydrogens (primary N) is 1. The van der Waals surface area contributed by atoms with Crippen LogP contribution < -0.4 is 5.73 Å². The smallest absolute Gasteiger partial charge is 0.292 e. The zero-order valence-corrected chi connectivity index (χ0v) is 4.10. The van der Waals surface area contributed by atoms with Crippen molar-refractivity contribution in [3.8, 4) is 0 Å². The van der Waals surface area contributed by atoms with E-state index in [9.17, 15) is 4.39 Å². The highest BCUT2D eigenvalue weighted by Crippen LogP contribution is 2.02. The summed E-state index contributed by atoms with van der Waals surface area (Å²) in [6.45, 7) is -0.624. The second kappa shape index (κ2) is 1.81. The lowest BCUT2D eigenvalue weighted by Gasteiger charge is -1.74. The van der Waals surface area contributed by atoms with Gasteiger partial charge in [0.05, 0.1) is 0 Å². The molecule has 8 heavy (non-hydrogen) atoms. The molecule has 1 rings (SSSR count). The molecule has 0 aromatic carbocycles. The van der Waals surface area contributed by atoms with Gasteiger partial charge in [-0.05, 0) is 0 Å². The van der Waals surface area contributed by atoms with Crippen LogP contribution in [0.25, 0.3) is 0 Å². The number of oxazole rings is 1. The Bertz CT molecular complexity index is 174. The molecule has 0 amide bonds. The van der Waals surface area contributed by atoms with Crippen molar-refractivity contribution < 1.29 is 8.81 Å². The Morgan fingerprint density at radius 3 is 2.88 bits per heavy atom. The SMILES string of the molecule is Nc1nc(CF)co1. The standard InChI is InChI=1S/C4H5FN2O/c5-1-3-2-8-4(6)7-3/h2H,1H2,(H2,6,7). The number of hydrogen-bond donors (Lipinski definition) is 1. The van der Waals surface area contributed by atoms with Crippen molar-refractivity contribution in [1.29, 1.82) is 0 Å². The van der Waals surface area contributed by atoms with Crippen LogP contribution in [0.2, 0.25) is 0 Å². The van der Waals surface area contributed by atoms with Crippen LogP contribution in [0.3, 0.4) is 0 Å². The fraction of sp³-hybridized carbons (Fsp3) is 0.250. The Morgan fingerprint density at radius 1 is 1.88 bits per heavy atom. The summed E-state index contributed by atoms with van der Waals surface area (Å²) in [5.74, 6) is 0. The summed E-state index contributed by atoms with van der Waals surface area (Å²) in [6, 6.07) is 0.0117. The molecular formula is C4H5FN2O. The first-order valence-electron chi connectivity index (χ1n) is 2.09. The average molecular weight is 116 g/mol. The molecule has 0 atom stereocenters. The van der Waals surface area contributed by atoms with E-state index in [1.165, 1.54) is 6.26 Å². The number of anilines is 1. The summed E-state index contributed by atoms with van der Waals surface area (Å²) < 4.78 is 16.0. The van der Waals surface area contributed by atoms with Gasteiger partial charge in [-0.2, -0.15) is 4.98 Å². The summed E-state index contributed by atoms with van der Waals surface area (Å²) in [7, 11) is 0. The Kier molecular flexibility index (Phi) is 1.15. The minimum atomic E-state index is -0.624. The first-order chi connectivity index (χ1) is 3.83. The fourth-order valence-corrected chi connectivity index (χ4v) is 0.384. The van der Waals surface area contributed by atoms with E-state index < -0.39 is 6.67 Å². The molecule has 0 bridgehead atoms. The van der Waals surface area contributed by atoms with Gasteiger partial charge in [0, 0.05) is 0 Å². The molecule has 0 radical (unpaired) electrons. The number of aromatic nitrogens is 1. The third kappa shape index (κ3) is 0.776. The summed E-state index contributed by atoms with van der Waals surface area (Å²) in [4.78, 5) is 3.47. The van der Waals surface area contributed by atoms with Crippen molar-refractivity contribution in [2.45, 2.75) is 6.67 Å². The molecule has 4 heteroatoms. The van der Waals surface area contributed by atoms with Crippen molar-refractivity contribution in [3.63, 3.8) is 0 Å². The number of halogens is 1. The van der Waals surface area contributed by atoms with E-state index in [0.29, 0.717) is 0 Å². The normalized spacial score (nSPS) is 9.62. The van der Waals surface area contributed by atoms with Crippen LogP contribution in [0, 0.1) is 0 Å². The Morgan fingerprint density at radius 2 is 2.62 bits per heavy atom. The zero-order chi connectivity index (χ0) is 5.98. The Labute approximate surface area is 45.3 Å². The van der Waals surface area contributed by atoms with Gasteiger partial charge in [-0.1, -0.05) is 0 Å². The molecule has 0 saturated carbocycles. The molecular weight excluding hydrogens is 111 g/mol. The quantitative estimate of drug-likeness (QED) is 0.588. The summed E-state index contributed by atoms with van der Waals surface area (Å²) in [6.07, 6.45) is 1.19. The molecule has 0 saturated heterocycles. The van der Waals surface area contributed by atoms with Crippen LogP contribution in [-0.2, 0) is 6.67 Å². The van der Waals surface area contributed by atoms with Crippen molar-refractivity contribution >= 4 is 6.01 Å². The van der Waals surface area contributed by atoms with E-state index in [2.05, 4.69) is 9.40 Å². The lowest BCUT2D eigenvalue weighted by atomic mass is 10.6. The van der Waals surface area contributed by atoms with E-state index in [1.54, 1.807) is 0 Å². The molecule has 0 spiro atoms. The van der Waals surface area contributed by atoms with Crippen LogP contribution in [0.15, 0.2) is 10.7 Å². The third-order valence-corrected chi connectivity index (χ3v) is 0.706. The van der Waals surface area contributed by atoms with E-state index in [4.69, 9.17) is 5.73 Å². The minimum Gasteiger partial charge on any atom is -0.432 e.